The van der Waals surface area contributed by atoms with Gasteiger partial charge in [0.25, 0.3) is 0 Å². The number of hydrogen-bond donors (Lipinski definition) is 1. The molecule has 0 spiro atoms. The third kappa shape index (κ3) is 3.11. The highest BCUT2D eigenvalue weighted by molar-refractivity contribution is 6.30. The van der Waals surface area contributed by atoms with E-state index >= 15 is 0 Å². The van der Waals surface area contributed by atoms with Crippen molar-refractivity contribution >= 4 is 11.6 Å². The number of aliphatic hydroxyl groups is 1. The number of halogens is 5. The van der Waals surface area contributed by atoms with Crippen LogP contribution in [0.15, 0.2) is 30.3 Å². The molecule has 1 nitrogen and oxygen atoms in total. The van der Waals surface area contributed by atoms with Crippen molar-refractivity contribution in [2.45, 2.75) is 12.5 Å². The lowest BCUT2D eigenvalue weighted by atomic mass is 10.0. The minimum absolute atomic E-state index is 0.00587. The van der Waals surface area contributed by atoms with Crippen LogP contribution < -0.4 is 0 Å². The average Bonchev–Trinajstić information content (AvgIpc) is 2.37. The Bertz CT molecular complexity index is 645. The van der Waals surface area contributed by atoms with Crippen molar-refractivity contribution in [1.29, 1.82) is 0 Å². The second-order valence-electron chi connectivity index (χ2n) is 4.24. The SMILES string of the molecule is OC(Cc1ccc(F)cc1F)c1cc(F)c(Cl)cc1F. The van der Waals surface area contributed by atoms with Gasteiger partial charge in [-0.25, -0.2) is 17.6 Å². The second kappa shape index (κ2) is 5.81. The van der Waals surface area contributed by atoms with Crippen molar-refractivity contribution in [3.05, 3.63) is 69.8 Å². The number of rotatable bonds is 3. The van der Waals surface area contributed by atoms with Crippen LogP contribution in [0.1, 0.15) is 17.2 Å². The van der Waals surface area contributed by atoms with Gasteiger partial charge in [0.05, 0.1) is 11.1 Å². The van der Waals surface area contributed by atoms with Gasteiger partial charge in [0, 0.05) is 18.1 Å². The van der Waals surface area contributed by atoms with E-state index in [1.54, 1.807) is 0 Å². The maximum absolute atomic E-state index is 13.6. The highest BCUT2D eigenvalue weighted by Gasteiger charge is 2.18. The quantitative estimate of drug-likeness (QED) is 0.666. The summed E-state index contributed by atoms with van der Waals surface area (Å²) in [7, 11) is 0. The van der Waals surface area contributed by atoms with Crippen molar-refractivity contribution in [3.63, 3.8) is 0 Å². The lowest BCUT2D eigenvalue weighted by molar-refractivity contribution is 0.171. The topological polar surface area (TPSA) is 20.2 Å². The molecule has 1 atom stereocenters. The molecule has 0 aromatic heterocycles. The van der Waals surface area contributed by atoms with Crippen molar-refractivity contribution in [1.82, 2.24) is 0 Å². The Balaban J connectivity index is 2.28. The Hall–Kier alpha value is -1.59. The lowest BCUT2D eigenvalue weighted by Gasteiger charge is -2.13. The molecule has 0 fully saturated rings. The molecule has 1 N–H and O–H groups in total. The molecule has 1 unspecified atom stereocenters. The summed E-state index contributed by atoms with van der Waals surface area (Å²) in [6, 6.07) is 4.29. The third-order valence-corrected chi connectivity index (χ3v) is 3.12. The normalized spacial score (nSPS) is 12.5. The predicted molar refractivity (Wildman–Crippen MR) is 66.4 cm³/mol. The first-order valence-electron chi connectivity index (χ1n) is 5.65. The molecule has 0 aliphatic rings. The van der Waals surface area contributed by atoms with Crippen molar-refractivity contribution < 1.29 is 22.7 Å². The van der Waals surface area contributed by atoms with Crippen LogP contribution in [-0.4, -0.2) is 5.11 Å². The maximum atomic E-state index is 13.6. The van der Waals surface area contributed by atoms with E-state index in [-0.39, 0.29) is 17.5 Å². The molecule has 20 heavy (non-hydrogen) atoms. The molecule has 2 aromatic carbocycles. The molecule has 0 radical (unpaired) electrons. The monoisotopic (exact) mass is 304 g/mol. The zero-order chi connectivity index (χ0) is 14.9. The molecule has 0 aliphatic heterocycles. The predicted octanol–water partition coefficient (Wildman–Crippen LogP) is 4.17. The minimum Gasteiger partial charge on any atom is -0.388 e. The van der Waals surface area contributed by atoms with Crippen LogP contribution in [0.25, 0.3) is 0 Å². The van der Waals surface area contributed by atoms with Crippen LogP contribution in [0.4, 0.5) is 17.6 Å². The molecule has 0 heterocycles. The lowest BCUT2D eigenvalue weighted by Crippen LogP contribution is -2.07. The smallest absolute Gasteiger partial charge is 0.142 e. The first-order valence-corrected chi connectivity index (χ1v) is 6.02. The van der Waals surface area contributed by atoms with E-state index in [1.165, 1.54) is 0 Å². The van der Waals surface area contributed by atoms with Crippen LogP contribution >= 0.6 is 11.6 Å². The summed E-state index contributed by atoms with van der Waals surface area (Å²) in [5.74, 6) is -3.41. The van der Waals surface area contributed by atoms with Crippen molar-refractivity contribution in [2.75, 3.05) is 0 Å². The van der Waals surface area contributed by atoms with Crippen LogP contribution in [0.3, 0.4) is 0 Å². The van der Waals surface area contributed by atoms with E-state index < -0.39 is 34.4 Å². The molecule has 2 aromatic rings. The fraction of sp³-hybridized carbons (Fsp3) is 0.143. The zero-order valence-electron chi connectivity index (χ0n) is 10.0. The molecular formula is C14H9ClF4O. The maximum Gasteiger partial charge on any atom is 0.142 e. The van der Waals surface area contributed by atoms with Crippen molar-refractivity contribution in [3.8, 4) is 0 Å². The fourth-order valence-electron chi connectivity index (χ4n) is 1.80. The van der Waals surface area contributed by atoms with Crippen LogP contribution in [0.2, 0.25) is 5.02 Å². The van der Waals surface area contributed by atoms with Crippen LogP contribution in [0.5, 0.6) is 0 Å². The Labute approximate surface area is 117 Å². The van der Waals surface area contributed by atoms with Gasteiger partial charge in [-0.2, -0.15) is 0 Å². The van der Waals surface area contributed by atoms with E-state index in [1.807, 2.05) is 0 Å². The largest absolute Gasteiger partial charge is 0.388 e. The zero-order valence-corrected chi connectivity index (χ0v) is 10.8. The van der Waals surface area contributed by atoms with Gasteiger partial charge in [0.1, 0.15) is 23.3 Å². The summed E-state index contributed by atoms with van der Waals surface area (Å²) >= 11 is 5.40. The van der Waals surface area contributed by atoms with Gasteiger partial charge in [-0.1, -0.05) is 17.7 Å². The van der Waals surface area contributed by atoms with E-state index in [4.69, 9.17) is 11.6 Å². The Morgan fingerprint density at radius 3 is 2.30 bits per heavy atom. The van der Waals surface area contributed by atoms with E-state index in [2.05, 4.69) is 0 Å². The van der Waals surface area contributed by atoms with Gasteiger partial charge in [-0.3, -0.25) is 0 Å². The molecule has 0 saturated heterocycles. The highest BCUT2D eigenvalue weighted by Crippen LogP contribution is 2.27. The van der Waals surface area contributed by atoms with E-state index in [9.17, 15) is 22.7 Å². The average molecular weight is 305 g/mol. The van der Waals surface area contributed by atoms with E-state index in [0.717, 1.165) is 24.3 Å². The van der Waals surface area contributed by atoms with Crippen LogP contribution in [0, 0.1) is 23.3 Å². The summed E-state index contributed by atoms with van der Waals surface area (Å²) in [5.41, 5.74) is -0.343. The summed E-state index contributed by atoms with van der Waals surface area (Å²) < 4.78 is 53.0. The second-order valence-corrected chi connectivity index (χ2v) is 4.65. The minimum atomic E-state index is -1.47. The summed E-state index contributed by atoms with van der Waals surface area (Å²) in [6.45, 7) is 0. The van der Waals surface area contributed by atoms with Gasteiger partial charge in [-0.15, -0.1) is 0 Å². The molecule has 6 heteroatoms. The van der Waals surface area contributed by atoms with Gasteiger partial charge in [0.2, 0.25) is 0 Å². The third-order valence-electron chi connectivity index (χ3n) is 2.83. The summed E-state index contributed by atoms with van der Waals surface area (Å²) in [6.07, 6.45) is -1.79. The first-order chi connectivity index (χ1) is 9.38. The molecular weight excluding hydrogens is 296 g/mol. The molecule has 0 bridgehead atoms. The fourth-order valence-corrected chi connectivity index (χ4v) is 1.95. The standard InChI is InChI=1S/C14H9ClF4O/c15-10-6-12(18)9(5-13(10)19)14(20)3-7-1-2-8(16)4-11(7)17/h1-2,4-6,14,20H,3H2. The summed E-state index contributed by atoms with van der Waals surface area (Å²) in [4.78, 5) is 0. The Morgan fingerprint density at radius 1 is 0.950 bits per heavy atom. The molecule has 0 amide bonds. The molecule has 106 valence electrons. The van der Waals surface area contributed by atoms with Gasteiger partial charge < -0.3 is 5.11 Å². The van der Waals surface area contributed by atoms with Gasteiger partial charge >= 0.3 is 0 Å². The van der Waals surface area contributed by atoms with Gasteiger partial charge in [0.15, 0.2) is 0 Å². The first kappa shape index (κ1) is 14.8. The number of aliphatic hydroxyl groups excluding tert-OH is 1. The van der Waals surface area contributed by atoms with Crippen LogP contribution in [-0.2, 0) is 6.42 Å². The molecule has 0 saturated carbocycles. The number of benzene rings is 2. The Kier molecular flexibility index (Phi) is 4.30. The Morgan fingerprint density at radius 2 is 1.65 bits per heavy atom. The summed E-state index contributed by atoms with van der Waals surface area (Å²) in [5, 5.41) is 9.44. The highest BCUT2D eigenvalue weighted by atomic mass is 35.5. The van der Waals surface area contributed by atoms with Gasteiger partial charge in [-0.05, 0) is 23.8 Å². The van der Waals surface area contributed by atoms with Crippen molar-refractivity contribution in [2.24, 2.45) is 0 Å². The van der Waals surface area contributed by atoms with E-state index in [0.29, 0.717) is 6.07 Å². The molecule has 2 rings (SSSR count). The number of hydrogen-bond acceptors (Lipinski definition) is 1. The molecule has 0 aliphatic carbocycles.